The van der Waals surface area contributed by atoms with E-state index in [1.165, 1.54) is 22.7 Å². The maximum Gasteiger partial charge on any atom is 0.348 e. The smallest absolute Gasteiger partial charge is 0.348 e. The molecule has 0 saturated heterocycles. The van der Waals surface area contributed by atoms with Crippen LogP contribution >= 0.6 is 22.7 Å². The number of thiophene rings is 1. The molecule has 0 radical (unpaired) electrons. The number of thiazole rings is 1. The van der Waals surface area contributed by atoms with Crippen LogP contribution in [-0.2, 0) is 11.3 Å². The Bertz CT molecular complexity index is 693. The maximum atomic E-state index is 11.7. The summed E-state index contributed by atoms with van der Waals surface area (Å²) in [6.45, 7) is 0.181. The van der Waals surface area contributed by atoms with Gasteiger partial charge in [0.25, 0.3) is 0 Å². The zero-order chi connectivity index (χ0) is 13.8. The lowest BCUT2D eigenvalue weighted by molar-refractivity contribution is 0.0474. The zero-order valence-electron chi connectivity index (χ0n) is 10.4. The molecule has 0 aromatic carbocycles. The van der Waals surface area contributed by atoms with Gasteiger partial charge in [-0.15, -0.1) is 22.7 Å². The third-order valence-corrected chi connectivity index (χ3v) is 4.27. The summed E-state index contributed by atoms with van der Waals surface area (Å²) in [5.41, 5.74) is 1.56. The van der Waals surface area contributed by atoms with Crippen molar-refractivity contribution >= 4 is 28.6 Å². The Labute approximate surface area is 123 Å². The van der Waals surface area contributed by atoms with Gasteiger partial charge >= 0.3 is 5.97 Å². The fourth-order valence-electron chi connectivity index (χ4n) is 1.59. The molecule has 6 heteroatoms. The number of hydrogen-bond acceptors (Lipinski definition) is 6. The van der Waals surface area contributed by atoms with Crippen molar-refractivity contribution in [3.05, 3.63) is 57.9 Å². The Morgan fingerprint density at radius 2 is 2.15 bits per heavy atom. The summed E-state index contributed by atoms with van der Waals surface area (Å²) in [4.78, 5) is 21.0. The van der Waals surface area contributed by atoms with Gasteiger partial charge in [-0.3, -0.25) is 4.98 Å². The van der Waals surface area contributed by atoms with Crippen LogP contribution < -0.4 is 0 Å². The number of ether oxygens (including phenoxy) is 1. The van der Waals surface area contributed by atoms with Crippen LogP contribution in [0, 0.1) is 0 Å². The molecule has 0 amide bonds. The van der Waals surface area contributed by atoms with E-state index in [1.54, 1.807) is 12.3 Å². The van der Waals surface area contributed by atoms with E-state index in [-0.39, 0.29) is 12.6 Å². The van der Waals surface area contributed by atoms with Crippen molar-refractivity contribution in [1.82, 2.24) is 9.97 Å². The van der Waals surface area contributed by atoms with Crippen molar-refractivity contribution in [2.45, 2.75) is 6.61 Å². The summed E-state index contributed by atoms with van der Waals surface area (Å²) in [5, 5.41) is 4.55. The largest absolute Gasteiger partial charge is 0.455 e. The quantitative estimate of drug-likeness (QED) is 0.691. The molecule has 0 aliphatic heterocycles. The maximum absolute atomic E-state index is 11.7. The summed E-state index contributed by atoms with van der Waals surface area (Å²) in [7, 11) is 0. The van der Waals surface area contributed by atoms with E-state index in [9.17, 15) is 4.79 Å². The van der Waals surface area contributed by atoms with Crippen LogP contribution in [0.2, 0.25) is 0 Å². The lowest BCUT2D eigenvalue weighted by atomic mass is 10.4. The molecule has 3 aromatic rings. The molecule has 3 aromatic heterocycles. The van der Waals surface area contributed by atoms with E-state index in [0.29, 0.717) is 4.88 Å². The normalized spacial score (nSPS) is 10.4. The Kier molecular flexibility index (Phi) is 3.85. The second-order valence-electron chi connectivity index (χ2n) is 3.91. The highest BCUT2D eigenvalue weighted by molar-refractivity contribution is 7.13. The SMILES string of the molecule is O=C(OCc1csc(-c2ccccn2)n1)c1cccs1. The molecule has 0 N–H and O–H groups in total. The number of pyridine rings is 1. The van der Waals surface area contributed by atoms with Gasteiger partial charge in [0, 0.05) is 11.6 Å². The van der Waals surface area contributed by atoms with Crippen molar-refractivity contribution in [2.75, 3.05) is 0 Å². The molecule has 0 fully saturated rings. The molecule has 0 spiro atoms. The third-order valence-electron chi connectivity index (χ3n) is 2.51. The number of esters is 1. The predicted molar refractivity (Wildman–Crippen MR) is 78.8 cm³/mol. The Balaban J connectivity index is 1.65. The van der Waals surface area contributed by atoms with E-state index in [4.69, 9.17) is 4.74 Å². The monoisotopic (exact) mass is 302 g/mol. The molecule has 0 aliphatic rings. The summed E-state index contributed by atoms with van der Waals surface area (Å²) < 4.78 is 5.22. The van der Waals surface area contributed by atoms with E-state index < -0.39 is 0 Å². The first-order valence-corrected chi connectivity index (χ1v) is 7.65. The van der Waals surface area contributed by atoms with Gasteiger partial charge in [-0.2, -0.15) is 0 Å². The number of carbonyl (C=O) groups is 1. The topological polar surface area (TPSA) is 52.1 Å². The number of carbonyl (C=O) groups excluding carboxylic acids is 1. The van der Waals surface area contributed by atoms with E-state index in [0.717, 1.165) is 16.4 Å². The molecular formula is C14H10N2O2S2. The number of aromatic nitrogens is 2. The van der Waals surface area contributed by atoms with Gasteiger partial charge in [-0.1, -0.05) is 12.1 Å². The Hall–Kier alpha value is -2.05. The van der Waals surface area contributed by atoms with Crippen molar-refractivity contribution < 1.29 is 9.53 Å². The fraction of sp³-hybridized carbons (Fsp3) is 0.0714. The van der Waals surface area contributed by atoms with Crippen LogP contribution in [0.15, 0.2) is 47.3 Å². The number of hydrogen-bond donors (Lipinski definition) is 0. The highest BCUT2D eigenvalue weighted by Gasteiger charge is 2.10. The minimum absolute atomic E-state index is 0.181. The van der Waals surface area contributed by atoms with Gasteiger partial charge in [0.1, 0.15) is 16.5 Å². The minimum Gasteiger partial charge on any atom is -0.455 e. The highest BCUT2D eigenvalue weighted by atomic mass is 32.1. The van der Waals surface area contributed by atoms with Gasteiger partial charge in [0.15, 0.2) is 0 Å². The molecule has 3 heterocycles. The first kappa shape index (κ1) is 13.0. The molecule has 0 saturated carbocycles. The van der Waals surface area contributed by atoms with Crippen molar-refractivity contribution in [3.8, 4) is 10.7 Å². The molecule has 0 unspecified atom stereocenters. The van der Waals surface area contributed by atoms with Crippen LogP contribution in [0.25, 0.3) is 10.7 Å². The molecule has 0 atom stereocenters. The van der Waals surface area contributed by atoms with E-state index in [1.807, 2.05) is 35.0 Å². The van der Waals surface area contributed by atoms with Crippen molar-refractivity contribution in [3.63, 3.8) is 0 Å². The molecular weight excluding hydrogens is 292 g/mol. The summed E-state index contributed by atoms with van der Waals surface area (Å²) >= 11 is 2.86. The van der Waals surface area contributed by atoms with Gasteiger partial charge in [0.2, 0.25) is 0 Å². The van der Waals surface area contributed by atoms with Crippen LogP contribution in [0.1, 0.15) is 15.4 Å². The van der Waals surface area contributed by atoms with E-state index in [2.05, 4.69) is 9.97 Å². The fourth-order valence-corrected chi connectivity index (χ4v) is 2.98. The molecule has 3 rings (SSSR count). The first-order valence-electron chi connectivity index (χ1n) is 5.89. The van der Waals surface area contributed by atoms with Crippen molar-refractivity contribution in [2.24, 2.45) is 0 Å². The second kappa shape index (κ2) is 5.94. The molecule has 4 nitrogen and oxygen atoms in total. The average Bonchev–Trinajstić information content (AvgIpc) is 3.17. The van der Waals surface area contributed by atoms with Crippen molar-refractivity contribution in [1.29, 1.82) is 0 Å². The second-order valence-corrected chi connectivity index (χ2v) is 5.72. The van der Waals surface area contributed by atoms with Crippen LogP contribution in [0.5, 0.6) is 0 Å². The summed E-state index contributed by atoms with van der Waals surface area (Å²) in [5.74, 6) is -0.313. The lowest BCUT2D eigenvalue weighted by Gasteiger charge is -2.00. The molecule has 0 bridgehead atoms. The van der Waals surface area contributed by atoms with Crippen LogP contribution in [0.3, 0.4) is 0 Å². The first-order chi connectivity index (χ1) is 9.83. The standard InChI is InChI=1S/C14H10N2O2S2/c17-14(12-5-3-7-19-12)18-8-10-9-20-13(16-10)11-4-1-2-6-15-11/h1-7,9H,8H2. The lowest BCUT2D eigenvalue weighted by Crippen LogP contribution is -2.03. The summed E-state index contributed by atoms with van der Waals surface area (Å²) in [6.07, 6.45) is 1.73. The Morgan fingerprint density at radius 3 is 2.90 bits per heavy atom. The van der Waals surface area contributed by atoms with Gasteiger partial charge in [-0.25, -0.2) is 9.78 Å². The third kappa shape index (κ3) is 2.92. The highest BCUT2D eigenvalue weighted by Crippen LogP contribution is 2.22. The number of nitrogens with zero attached hydrogens (tertiary/aromatic N) is 2. The van der Waals surface area contributed by atoms with Gasteiger partial charge in [0.05, 0.1) is 11.4 Å². The van der Waals surface area contributed by atoms with Gasteiger partial charge < -0.3 is 4.74 Å². The molecule has 20 heavy (non-hydrogen) atoms. The van der Waals surface area contributed by atoms with Crippen LogP contribution in [-0.4, -0.2) is 15.9 Å². The minimum atomic E-state index is -0.313. The van der Waals surface area contributed by atoms with E-state index >= 15 is 0 Å². The number of rotatable bonds is 4. The summed E-state index contributed by atoms with van der Waals surface area (Å²) in [6, 6.07) is 9.25. The molecule has 100 valence electrons. The van der Waals surface area contributed by atoms with Crippen LogP contribution in [0.4, 0.5) is 0 Å². The molecule has 0 aliphatic carbocycles. The predicted octanol–water partition coefficient (Wildman–Crippen LogP) is 3.62. The zero-order valence-corrected chi connectivity index (χ0v) is 12.0. The Morgan fingerprint density at radius 1 is 1.20 bits per heavy atom. The average molecular weight is 302 g/mol. The van der Waals surface area contributed by atoms with Gasteiger partial charge in [-0.05, 0) is 23.6 Å².